The van der Waals surface area contributed by atoms with Crippen LogP contribution in [0.5, 0.6) is 0 Å². The molecule has 0 heterocycles. The number of unbranched alkanes of at least 4 members (excludes halogenated alkanes) is 2. The van der Waals surface area contributed by atoms with E-state index in [4.69, 9.17) is 0 Å². The number of fused-ring (bicyclic) bond motifs is 2. The lowest BCUT2D eigenvalue weighted by atomic mass is 9.63. The highest BCUT2D eigenvalue weighted by atomic mass is 19.1. The first kappa shape index (κ1) is 22.2. The van der Waals surface area contributed by atoms with Crippen LogP contribution in [0.1, 0.15) is 93.0 Å². The number of ether oxygens (including phenoxy) is 1. The van der Waals surface area contributed by atoms with Crippen LogP contribution in [-0.2, 0) is 4.74 Å². The van der Waals surface area contributed by atoms with Crippen molar-refractivity contribution >= 4 is 16.7 Å². The van der Waals surface area contributed by atoms with E-state index in [1.165, 1.54) is 70.6 Å². The molecule has 2 aromatic rings. The first-order valence-electron chi connectivity index (χ1n) is 12.0. The molecule has 0 N–H and O–H groups in total. The zero-order valence-electron chi connectivity index (χ0n) is 18.8. The van der Waals surface area contributed by atoms with Gasteiger partial charge in [0.1, 0.15) is 11.6 Å². The lowest BCUT2D eigenvalue weighted by molar-refractivity contribution is 0.0596. The average molecular weight is 429 g/mol. The average Bonchev–Trinajstić information content (AvgIpc) is 2.78. The fourth-order valence-corrected chi connectivity index (χ4v) is 6.13. The van der Waals surface area contributed by atoms with Crippen molar-refractivity contribution in [2.45, 2.75) is 77.0 Å². The maximum absolute atomic E-state index is 14.9. The second kappa shape index (κ2) is 9.67. The van der Waals surface area contributed by atoms with Crippen molar-refractivity contribution in [3.05, 3.63) is 47.0 Å². The van der Waals surface area contributed by atoms with Crippen molar-refractivity contribution in [2.75, 3.05) is 7.11 Å². The highest BCUT2D eigenvalue weighted by Gasteiger charge is 2.36. The van der Waals surface area contributed by atoms with Gasteiger partial charge >= 0.3 is 5.97 Å². The van der Waals surface area contributed by atoms with Crippen LogP contribution in [0.3, 0.4) is 0 Å². The number of benzene rings is 2. The first-order chi connectivity index (χ1) is 15.0. The summed E-state index contributed by atoms with van der Waals surface area (Å²) in [4.78, 5) is 11.7. The molecule has 2 fully saturated rings. The van der Waals surface area contributed by atoms with Crippen LogP contribution >= 0.6 is 0 Å². The van der Waals surface area contributed by atoms with Gasteiger partial charge in [-0.15, -0.1) is 0 Å². The second-order valence-electron chi connectivity index (χ2n) is 9.72. The summed E-state index contributed by atoms with van der Waals surface area (Å²) in [6, 6.07) is 6.44. The minimum Gasteiger partial charge on any atom is -0.465 e. The van der Waals surface area contributed by atoms with E-state index in [-0.39, 0.29) is 10.9 Å². The topological polar surface area (TPSA) is 26.3 Å². The van der Waals surface area contributed by atoms with E-state index in [1.54, 1.807) is 6.07 Å². The monoisotopic (exact) mass is 428 g/mol. The van der Waals surface area contributed by atoms with Gasteiger partial charge < -0.3 is 4.74 Å². The molecule has 4 heteroatoms. The second-order valence-corrected chi connectivity index (χ2v) is 9.72. The molecule has 0 amide bonds. The lowest BCUT2D eigenvalue weighted by Crippen LogP contribution is -2.30. The van der Waals surface area contributed by atoms with Crippen molar-refractivity contribution < 1.29 is 18.3 Å². The van der Waals surface area contributed by atoms with Gasteiger partial charge in [0.05, 0.1) is 18.1 Å². The number of hydrogen-bond donors (Lipinski definition) is 0. The molecule has 2 nitrogen and oxygen atoms in total. The van der Waals surface area contributed by atoms with Crippen molar-refractivity contribution in [3.8, 4) is 0 Å². The molecule has 31 heavy (non-hydrogen) atoms. The van der Waals surface area contributed by atoms with E-state index in [9.17, 15) is 13.6 Å². The fourth-order valence-electron chi connectivity index (χ4n) is 6.13. The molecule has 4 unspecified atom stereocenters. The van der Waals surface area contributed by atoms with E-state index in [0.29, 0.717) is 11.3 Å². The molecule has 2 aliphatic rings. The van der Waals surface area contributed by atoms with Crippen molar-refractivity contribution in [3.63, 3.8) is 0 Å². The Morgan fingerprint density at radius 2 is 1.81 bits per heavy atom. The molecule has 0 aliphatic heterocycles. The van der Waals surface area contributed by atoms with Crippen LogP contribution in [0.25, 0.3) is 10.8 Å². The van der Waals surface area contributed by atoms with Crippen LogP contribution in [0.15, 0.2) is 24.3 Å². The largest absolute Gasteiger partial charge is 0.465 e. The van der Waals surface area contributed by atoms with E-state index in [1.807, 2.05) is 6.07 Å². The summed E-state index contributed by atoms with van der Waals surface area (Å²) in [5.41, 5.74) is 0.747. The van der Waals surface area contributed by atoms with E-state index < -0.39 is 17.6 Å². The van der Waals surface area contributed by atoms with Gasteiger partial charge in [-0.2, -0.15) is 0 Å². The maximum Gasteiger partial charge on any atom is 0.340 e. The third-order valence-corrected chi connectivity index (χ3v) is 7.84. The maximum atomic E-state index is 14.9. The standard InChI is InChI=1S/C27H34F2O2/c1-3-4-5-6-17-7-8-19-14-20(10-9-18(19)13-17)22-15-21-11-12-23(27(30)31-2)26(29)25(21)24(28)16-22/h11-12,15-20H,3-10,13-14H2,1-2H3. The van der Waals surface area contributed by atoms with Gasteiger partial charge in [-0.3, -0.25) is 0 Å². The van der Waals surface area contributed by atoms with Crippen LogP contribution < -0.4 is 0 Å². The number of hydrogen-bond acceptors (Lipinski definition) is 2. The summed E-state index contributed by atoms with van der Waals surface area (Å²) in [7, 11) is 1.19. The summed E-state index contributed by atoms with van der Waals surface area (Å²) < 4.78 is 34.3. The summed E-state index contributed by atoms with van der Waals surface area (Å²) in [6.07, 6.45) is 12.8. The van der Waals surface area contributed by atoms with Crippen LogP contribution in [-0.4, -0.2) is 13.1 Å². The zero-order chi connectivity index (χ0) is 22.0. The molecular weight excluding hydrogens is 394 g/mol. The minimum atomic E-state index is -0.835. The van der Waals surface area contributed by atoms with Crippen molar-refractivity contribution in [1.82, 2.24) is 0 Å². The Balaban J connectivity index is 1.49. The predicted octanol–water partition coefficient (Wildman–Crippen LogP) is 7.78. The summed E-state index contributed by atoms with van der Waals surface area (Å²) >= 11 is 0. The number of methoxy groups -OCH3 is 1. The van der Waals surface area contributed by atoms with E-state index in [0.717, 1.165) is 36.2 Å². The zero-order valence-corrected chi connectivity index (χ0v) is 18.8. The molecule has 4 atom stereocenters. The van der Waals surface area contributed by atoms with E-state index in [2.05, 4.69) is 11.7 Å². The molecule has 2 aliphatic carbocycles. The molecule has 2 saturated carbocycles. The molecule has 0 spiro atoms. The van der Waals surface area contributed by atoms with Gasteiger partial charge in [-0.25, -0.2) is 13.6 Å². The van der Waals surface area contributed by atoms with Crippen molar-refractivity contribution in [1.29, 1.82) is 0 Å². The summed E-state index contributed by atoms with van der Waals surface area (Å²) in [5, 5.41) is 0.398. The van der Waals surface area contributed by atoms with Gasteiger partial charge in [-0.05, 0) is 78.9 Å². The SMILES string of the molecule is CCCCCC1CCC2CC(c3cc(F)c4c(F)c(C(=O)OC)ccc4c3)CCC2C1. The molecule has 0 radical (unpaired) electrons. The molecule has 4 rings (SSSR count). The Morgan fingerprint density at radius 1 is 1.03 bits per heavy atom. The van der Waals surface area contributed by atoms with Crippen LogP contribution in [0.2, 0.25) is 0 Å². The lowest BCUT2D eigenvalue weighted by Gasteiger charge is -2.42. The third kappa shape index (κ3) is 4.63. The van der Waals surface area contributed by atoms with Gasteiger partial charge in [0, 0.05) is 0 Å². The number of esters is 1. The Bertz CT molecular complexity index is 938. The Labute approximate surface area is 184 Å². The van der Waals surface area contributed by atoms with Gasteiger partial charge in [0.2, 0.25) is 0 Å². The first-order valence-corrected chi connectivity index (χ1v) is 12.0. The smallest absolute Gasteiger partial charge is 0.340 e. The fraction of sp³-hybridized carbons (Fsp3) is 0.593. The Hall–Kier alpha value is -1.97. The van der Waals surface area contributed by atoms with Gasteiger partial charge in [0.25, 0.3) is 0 Å². The highest BCUT2D eigenvalue weighted by molar-refractivity contribution is 5.96. The number of carbonyl (C=O) groups excluding carboxylic acids is 1. The van der Waals surface area contributed by atoms with E-state index >= 15 is 0 Å². The molecular formula is C27H34F2O2. The summed E-state index contributed by atoms with van der Waals surface area (Å²) in [6.45, 7) is 2.26. The molecule has 168 valence electrons. The van der Waals surface area contributed by atoms with Crippen LogP contribution in [0, 0.1) is 29.4 Å². The Kier molecular flexibility index (Phi) is 6.93. The molecule has 2 aromatic carbocycles. The highest BCUT2D eigenvalue weighted by Crippen LogP contribution is 2.48. The van der Waals surface area contributed by atoms with Gasteiger partial charge in [-0.1, -0.05) is 51.2 Å². The van der Waals surface area contributed by atoms with Gasteiger partial charge in [0.15, 0.2) is 0 Å². The summed E-state index contributed by atoms with van der Waals surface area (Å²) in [5.74, 6) is 0.581. The molecule has 0 bridgehead atoms. The third-order valence-electron chi connectivity index (χ3n) is 7.84. The number of carbonyl (C=O) groups is 1. The van der Waals surface area contributed by atoms with Crippen molar-refractivity contribution in [2.24, 2.45) is 17.8 Å². The quantitative estimate of drug-likeness (QED) is 0.347. The number of rotatable bonds is 6. The molecule has 0 aromatic heterocycles. The number of halogens is 2. The van der Waals surface area contributed by atoms with Crippen LogP contribution in [0.4, 0.5) is 8.78 Å². The normalized spacial score (nSPS) is 25.9. The minimum absolute atomic E-state index is 0.118. The molecule has 0 saturated heterocycles. The Morgan fingerprint density at radius 3 is 2.58 bits per heavy atom. The predicted molar refractivity (Wildman–Crippen MR) is 120 cm³/mol.